The van der Waals surface area contributed by atoms with Crippen LogP contribution in [0.4, 0.5) is 11.6 Å². The van der Waals surface area contributed by atoms with Crippen molar-refractivity contribution in [2.24, 2.45) is 5.92 Å². The van der Waals surface area contributed by atoms with Crippen LogP contribution in [0.2, 0.25) is 10.0 Å². The number of carbonyl (C=O) groups excluding carboxylic acids is 1. The number of ketones is 1. The average molecular weight is 616 g/mol. The van der Waals surface area contributed by atoms with Crippen molar-refractivity contribution in [1.82, 2.24) is 9.97 Å². The molecule has 0 bridgehead atoms. The lowest BCUT2D eigenvalue weighted by Crippen LogP contribution is -2.46. The number of pyridine rings is 2. The second-order valence-corrected chi connectivity index (χ2v) is 11.6. The molecule has 0 aliphatic carbocycles. The standard InChI is InChI=1S/C31H36Cl2N4O5/c1-6-21(38)9-19-7-8-41-16-24(19)35-27-11-22-20(13-34-27)10-23(36-31(22)37-14-17(2)42-18(3)15-37)28-29(32)25(39-4)12-26(40-5)30(28)33/h6,10-13,17-19,24H,1,7-9,14-16H2,2-5H3,(H,34,35)/t17?,18?,19-,24-/m1/s1. The minimum Gasteiger partial charge on any atom is -0.495 e. The smallest absolute Gasteiger partial charge is 0.155 e. The van der Waals surface area contributed by atoms with Gasteiger partial charge in [-0.1, -0.05) is 29.8 Å². The Morgan fingerprint density at radius 1 is 1.14 bits per heavy atom. The summed E-state index contributed by atoms with van der Waals surface area (Å²) in [6, 6.07) is 5.52. The van der Waals surface area contributed by atoms with Gasteiger partial charge in [0.25, 0.3) is 0 Å². The number of nitrogens with one attached hydrogen (secondary N) is 1. The van der Waals surface area contributed by atoms with E-state index in [4.69, 9.17) is 52.1 Å². The number of morpholine rings is 1. The molecule has 0 amide bonds. The molecule has 0 radical (unpaired) electrons. The molecule has 2 unspecified atom stereocenters. The lowest BCUT2D eigenvalue weighted by atomic mass is 9.89. The van der Waals surface area contributed by atoms with Crippen molar-refractivity contribution in [2.45, 2.75) is 44.9 Å². The molecule has 2 aromatic heterocycles. The first-order chi connectivity index (χ1) is 20.2. The Morgan fingerprint density at radius 3 is 2.48 bits per heavy atom. The number of allylic oxidation sites excluding steroid dienone is 1. The van der Waals surface area contributed by atoms with Crippen LogP contribution in [0, 0.1) is 5.92 Å². The number of anilines is 2. The third-order valence-electron chi connectivity index (χ3n) is 7.77. The number of methoxy groups -OCH3 is 2. The van der Waals surface area contributed by atoms with Crippen LogP contribution in [0.3, 0.4) is 0 Å². The fourth-order valence-electron chi connectivity index (χ4n) is 5.76. The number of aromatic nitrogens is 2. The number of benzene rings is 1. The van der Waals surface area contributed by atoms with E-state index in [2.05, 4.69) is 30.6 Å². The predicted molar refractivity (Wildman–Crippen MR) is 166 cm³/mol. The third kappa shape index (κ3) is 6.29. The van der Waals surface area contributed by atoms with Crippen LogP contribution in [0.1, 0.15) is 26.7 Å². The lowest BCUT2D eigenvalue weighted by Gasteiger charge is -2.37. The van der Waals surface area contributed by atoms with Gasteiger partial charge in [-0.2, -0.15) is 0 Å². The molecule has 5 rings (SSSR count). The maximum absolute atomic E-state index is 12.1. The molecule has 4 heterocycles. The fourth-order valence-corrected chi connectivity index (χ4v) is 6.45. The van der Waals surface area contributed by atoms with Crippen LogP contribution < -0.4 is 19.7 Å². The molecular weight excluding hydrogens is 579 g/mol. The van der Waals surface area contributed by atoms with Gasteiger partial charge in [0.1, 0.15) is 23.1 Å². The zero-order chi connectivity index (χ0) is 30.0. The van der Waals surface area contributed by atoms with Gasteiger partial charge in [0, 0.05) is 54.7 Å². The van der Waals surface area contributed by atoms with E-state index < -0.39 is 0 Å². The van der Waals surface area contributed by atoms with Gasteiger partial charge < -0.3 is 29.2 Å². The highest BCUT2D eigenvalue weighted by Gasteiger charge is 2.29. The van der Waals surface area contributed by atoms with E-state index >= 15 is 0 Å². The number of nitrogens with zero attached hydrogens (tertiary/aromatic N) is 3. The van der Waals surface area contributed by atoms with E-state index in [1.165, 1.54) is 6.08 Å². The van der Waals surface area contributed by atoms with Gasteiger partial charge in [-0.05, 0) is 44.4 Å². The highest BCUT2D eigenvalue weighted by atomic mass is 35.5. The van der Waals surface area contributed by atoms with Crippen molar-refractivity contribution in [1.29, 1.82) is 0 Å². The van der Waals surface area contributed by atoms with Crippen LogP contribution in [-0.4, -0.2) is 74.5 Å². The van der Waals surface area contributed by atoms with E-state index in [-0.39, 0.29) is 30.0 Å². The molecule has 9 nitrogen and oxygen atoms in total. The number of rotatable bonds is 9. The van der Waals surface area contributed by atoms with Crippen molar-refractivity contribution in [3.63, 3.8) is 0 Å². The van der Waals surface area contributed by atoms with Crippen molar-refractivity contribution >= 4 is 51.4 Å². The molecule has 1 N–H and O–H groups in total. The van der Waals surface area contributed by atoms with E-state index in [1.54, 1.807) is 20.3 Å². The predicted octanol–water partition coefficient (Wildman–Crippen LogP) is 6.20. The van der Waals surface area contributed by atoms with Crippen LogP contribution in [-0.2, 0) is 14.3 Å². The molecule has 42 heavy (non-hydrogen) atoms. The molecular formula is C31H36Cl2N4O5. The zero-order valence-corrected chi connectivity index (χ0v) is 25.8. The summed E-state index contributed by atoms with van der Waals surface area (Å²) in [6.45, 7) is 10.2. The zero-order valence-electron chi connectivity index (χ0n) is 24.3. The first-order valence-corrected chi connectivity index (χ1v) is 14.8. The van der Waals surface area contributed by atoms with Crippen LogP contribution in [0.25, 0.3) is 22.0 Å². The number of hydrogen-bond acceptors (Lipinski definition) is 9. The Bertz CT molecular complexity index is 1450. The topological polar surface area (TPSA) is 95.0 Å². The van der Waals surface area contributed by atoms with E-state index in [0.29, 0.717) is 71.3 Å². The summed E-state index contributed by atoms with van der Waals surface area (Å²) in [5, 5.41) is 5.98. The summed E-state index contributed by atoms with van der Waals surface area (Å²) in [5.41, 5.74) is 1.09. The molecule has 4 atom stereocenters. The quantitative estimate of drug-likeness (QED) is 0.283. The molecule has 11 heteroatoms. The Kier molecular flexibility index (Phi) is 9.42. The first kappa shape index (κ1) is 30.4. The van der Waals surface area contributed by atoms with Gasteiger partial charge in [0.15, 0.2) is 5.78 Å². The minimum absolute atomic E-state index is 0.0142. The largest absolute Gasteiger partial charge is 0.495 e. The summed E-state index contributed by atoms with van der Waals surface area (Å²) in [7, 11) is 3.09. The molecule has 3 aromatic rings. The molecule has 0 saturated carbocycles. The van der Waals surface area contributed by atoms with Crippen molar-refractivity contribution in [3.8, 4) is 22.8 Å². The van der Waals surface area contributed by atoms with Gasteiger partial charge in [0.05, 0.1) is 54.8 Å². The number of carbonyl (C=O) groups is 1. The number of hydrogen-bond donors (Lipinski definition) is 1. The SMILES string of the molecule is C=CC(=O)C[C@H]1CCOC[C@H]1Nc1cc2c(N3CC(C)OC(C)C3)nc(-c3c(Cl)c(OC)cc(OC)c3Cl)cc2cn1. The molecule has 1 aromatic carbocycles. The second-order valence-electron chi connectivity index (χ2n) is 10.8. The summed E-state index contributed by atoms with van der Waals surface area (Å²) in [6.07, 6.45) is 4.43. The summed E-state index contributed by atoms with van der Waals surface area (Å²) in [4.78, 5) is 24.3. The van der Waals surface area contributed by atoms with Gasteiger partial charge in [-0.25, -0.2) is 9.97 Å². The van der Waals surface area contributed by atoms with Crippen LogP contribution >= 0.6 is 23.2 Å². The Labute approximate surface area is 256 Å². The van der Waals surface area contributed by atoms with E-state index in [9.17, 15) is 4.79 Å². The molecule has 2 aliphatic heterocycles. The molecule has 2 fully saturated rings. The molecule has 0 spiro atoms. The Morgan fingerprint density at radius 2 is 1.83 bits per heavy atom. The van der Waals surface area contributed by atoms with Gasteiger partial charge in [-0.3, -0.25) is 4.79 Å². The van der Waals surface area contributed by atoms with Crippen molar-refractivity contribution < 1.29 is 23.7 Å². The van der Waals surface area contributed by atoms with Gasteiger partial charge >= 0.3 is 0 Å². The van der Waals surface area contributed by atoms with Crippen LogP contribution in [0.5, 0.6) is 11.5 Å². The molecule has 2 aliphatic rings. The highest BCUT2D eigenvalue weighted by Crippen LogP contribution is 2.46. The molecule has 2 saturated heterocycles. The maximum atomic E-state index is 12.1. The number of fused-ring (bicyclic) bond motifs is 1. The summed E-state index contributed by atoms with van der Waals surface area (Å²) < 4.78 is 22.8. The first-order valence-electron chi connectivity index (χ1n) is 14.0. The van der Waals surface area contributed by atoms with Crippen molar-refractivity contribution in [3.05, 3.63) is 47.1 Å². The minimum atomic E-state index is -0.0615. The number of halogens is 2. The third-order valence-corrected chi connectivity index (χ3v) is 8.52. The fraction of sp³-hybridized carbons (Fsp3) is 0.452. The van der Waals surface area contributed by atoms with E-state index in [0.717, 1.165) is 23.0 Å². The van der Waals surface area contributed by atoms with Crippen molar-refractivity contribution in [2.75, 3.05) is 50.7 Å². The normalized spacial score (nSPS) is 22.6. The average Bonchev–Trinajstić information content (AvgIpc) is 2.97. The van der Waals surface area contributed by atoms with E-state index in [1.807, 2.05) is 18.3 Å². The molecule has 224 valence electrons. The summed E-state index contributed by atoms with van der Waals surface area (Å²) >= 11 is 13.6. The maximum Gasteiger partial charge on any atom is 0.155 e. The van der Waals surface area contributed by atoms with Gasteiger partial charge in [-0.15, -0.1) is 0 Å². The summed E-state index contributed by atoms with van der Waals surface area (Å²) in [5.74, 6) is 2.46. The Hall–Kier alpha value is -3.11. The number of ether oxygens (including phenoxy) is 4. The van der Waals surface area contributed by atoms with Gasteiger partial charge in [0.2, 0.25) is 0 Å². The second kappa shape index (κ2) is 13.0. The highest BCUT2D eigenvalue weighted by molar-refractivity contribution is 6.41. The Balaban J connectivity index is 1.61. The monoisotopic (exact) mass is 614 g/mol. The van der Waals surface area contributed by atoms with Crippen LogP contribution in [0.15, 0.2) is 37.1 Å². The lowest BCUT2D eigenvalue weighted by molar-refractivity contribution is -0.116.